The topological polar surface area (TPSA) is 24.9 Å². The van der Waals surface area contributed by atoms with Crippen molar-refractivity contribution < 1.29 is 8.78 Å². The highest BCUT2D eigenvalue weighted by atomic mass is 35.5. The van der Waals surface area contributed by atoms with E-state index in [1.807, 2.05) is 0 Å². The molecule has 5 heteroatoms. The average Bonchev–Trinajstić information content (AvgIpc) is 2.32. The minimum absolute atomic E-state index is 0.362. The lowest BCUT2D eigenvalue weighted by atomic mass is 10.2. The van der Waals surface area contributed by atoms with Crippen molar-refractivity contribution in [2.24, 2.45) is 0 Å². The number of aromatic nitrogens is 1. The van der Waals surface area contributed by atoms with E-state index in [4.69, 9.17) is 11.6 Å². The predicted octanol–water partition coefficient (Wildman–Crippen LogP) is 3.63. The van der Waals surface area contributed by atoms with Crippen molar-refractivity contribution >= 4 is 17.3 Å². The zero-order valence-electron chi connectivity index (χ0n) is 8.75. The van der Waals surface area contributed by atoms with E-state index in [1.54, 1.807) is 12.3 Å². The molecule has 1 heterocycles. The van der Waals surface area contributed by atoms with Crippen LogP contribution in [0.1, 0.15) is 5.56 Å². The first-order chi connectivity index (χ1) is 8.16. The number of pyridine rings is 1. The predicted molar refractivity (Wildman–Crippen MR) is 62.9 cm³/mol. The number of benzene rings is 1. The molecule has 88 valence electrons. The van der Waals surface area contributed by atoms with E-state index in [-0.39, 0.29) is 0 Å². The fourth-order valence-electron chi connectivity index (χ4n) is 1.37. The lowest BCUT2D eigenvalue weighted by Crippen LogP contribution is -2.01. The van der Waals surface area contributed by atoms with Crippen molar-refractivity contribution in [3.05, 3.63) is 58.9 Å². The van der Waals surface area contributed by atoms with Crippen LogP contribution in [0, 0.1) is 11.6 Å². The Balaban J connectivity index is 2.08. The summed E-state index contributed by atoms with van der Waals surface area (Å²) in [4.78, 5) is 3.84. The Kier molecular flexibility index (Phi) is 3.54. The zero-order valence-corrected chi connectivity index (χ0v) is 9.51. The lowest BCUT2D eigenvalue weighted by Gasteiger charge is -2.07. The Bertz CT molecular complexity index is 532. The Morgan fingerprint density at radius 2 is 2.00 bits per heavy atom. The van der Waals surface area contributed by atoms with Gasteiger partial charge in [-0.1, -0.05) is 17.7 Å². The summed E-state index contributed by atoms with van der Waals surface area (Å²) < 4.78 is 25.6. The summed E-state index contributed by atoms with van der Waals surface area (Å²) in [6, 6.07) is 5.47. The third kappa shape index (κ3) is 2.91. The lowest BCUT2D eigenvalue weighted by molar-refractivity contribution is 0.507. The smallest absolute Gasteiger partial charge is 0.159 e. The number of anilines is 1. The van der Waals surface area contributed by atoms with Gasteiger partial charge in [-0.2, -0.15) is 0 Å². The minimum Gasteiger partial charge on any atom is -0.380 e. The third-order valence-electron chi connectivity index (χ3n) is 2.24. The molecule has 1 aromatic carbocycles. The molecule has 2 aromatic rings. The van der Waals surface area contributed by atoms with E-state index in [0.29, 0.717) is 22.8 Å². The summed E-state index contributed by atoms with van der Waals surface area (Å²) in [6.07, 6.45) is 3.11. The largest absolute Gasteiger partial charge is 0.380 e. The summed E-state index contributed by atoms with van der Waals surface area (Å²) in [5.74, 6) is -1.71. The maximum absolute atomic E-state index is 12.9. The van der Waals surface area contributed by atoms with Crippen molar-refractivity contribution in [1.82, 2.24) is 4.98 Å². The Labute approximate surface area is 102 Å². The number of rotatable bonds is 3. The van der Waals surface area contributed by atoms with Crippen molar-refractivity contribution in [3.63, 3.8) is 0 Å². The molecule has 0 amide bonds. The van der Waals surface area contributed by atoms with Crippen molar-refractivity contribution in [2.75, 3.05) is 5.32 Å². The molecule has 0 aliphatic rings. The van der Waals surface area contributed by atoms with Crippen molar-refractivity contribution in [1.29, 1.82) is 0 Å². The molecule has 0 aliphatic heterocycles. The van der Waals surface area contributed by atoms with Gasteiger partial charge in [0.1, 0.15) is 0 Å². The average molecular weight is 255 g/mol. The molecule has 0 unspecified atom stereocenters. The van der Waals surface area contributed by atoms with Crippen LogP contribution < -0.4 is 5.32 Å². The van der Waals surface area contributed by atoms with Crippen LogP contribution in [-0.4, -0.2) is 4.98 Å². The van der Waals surface area contributed by atoms with E-state index in [9.17, 15) is 8.78 Å². The summed E-state index contributed by atoms with van der Waals surface area (Å²) in [6.45, 7) is 0.362. The van der Waals surface area contributed by atoms with Gasteiger partial charge in [-0.25, -0.2) is 8.78 Å². The first-order valence-electron chi connectivity index (χ1n) is 4.94. The monoisotopic (exact) mass is 254 g/mol. The van der Waals surface area contributed by atoms with Crippen molar-refractivity contribution in [2.45, 2.75) is 6.54 Å². The molecule has 1 N–H and O–H groups in total. The molecule has 2 rings (SSSR count). The Hall–Kier alpha value is -1.68. The van der Waals surface area contributed by atoms with Gasteiger partial charge in [0.05, 0.1) is 10.7 Å². The number of halogens is 3. The third-order valence-corrected chi connectivity index (χ3v) is 2.54. The van der Waals surface area contributed by atoms with Gasteiger partial charge in [0.2, 0.25) is 0 Å². The van der Waals surface area contributed by atoms with Crippen LogP contribution in [0.2, 0.25) is 5.02 Å². The molecule has 0 bridgehead atoms. The van der Waals surface area contributed by atoms with E-state index in [2.05, 4.69) is 10.3 Å². The highest BCUT2D eigenvalue weighted by Crippen LogP contribution is 2.20. The summed E-state index contributed by atoms with van der Waals surface area (Å²) in [5, 5.41) is 3.50. The summed E-state index contributed by atoms with van der Waals surface area (Å²) in [7, 11) is 0. The fourth-order valence-corrected chi connectivity index (χ4v) is 1.55. The molecule has 0 radical (unpaired) electrons. The van der Waals surface area contributed by atoms with Crippen LogP contribution in [0.25, 0.3) is 0 Å². The molecule has 1 aromatic heterocycles. The maximum atomic E-state index is 12.9. The van der Waals surface area contributed by atoms with Gasteiger partial charge in [0.25, 0.3) is 0 Å². The first-order valence-corrected chi connectivity index (χ1v) is 5.32. The quantitative estimate of drug-likeness (QED) is 0.905. The van der Waals surface area contributed by atoms with Gasteiger partial charge >= 0.3 is 0 Å². The molecule has 0 atom stereocenters. The molecule has 0 spiro atoms. The van der Waals surface area contributed by atoms with Gasteiger partial charge in [-0.05, 0) is 23.8 Å². The Morgan fingerprint density at radius 3 is 2.71 bits per heavy atom. The van der Waals surface area contributed by atoms with Crippen LogP contribution in [0.15, 0.2) is 36.7 Å². The number of hydrogen-bond donors (Lipinski definition) is 1. The van der Waals surface area contributed by atoms with Crippen LogP contribution in [-0.2, 0) is 6.54 Å². The highest BCUT2D eigenvalue weighted by Gasteiger charge is 2.03. The van der Waals surface area contributed by atoms with Crippen LogP contribution in [0.3, 0.4) is 0 Å². The maximum Gasteiger partial charge on any atom is 0.159 e. The van der Waals surface area contributed by atoms with Gasteiger partial charge in [-0.3, -0.25) is 4.98 Å². The Morgan fingerprint density at radius 1 is 1.18 bits per heavy atom. The van der Waals surface area contributed by atoms with E-state index < -0.39 is 11.6 Å². The second kappa shape index (κ2) is 5.10. The molecule has 0 aliphatic carbocycles. The SMILES string of the molecule is Fc1ccc(CNc2ccncc2Cl)cc1F. The first kappa shape index (κ1) is 11.8. The normalized spacial score (nSPS) is 10.3. The van der Waals surface area contributed by atoms with Gasteiger partial charge in [0, 0.05) is 18.9 Å². The molecule has 17 heavy (non-hydrogen) atoms. The summed E-state index contributed by atoms with van der Waals surface area (Å²) >= 11 is 5.89. The van der Waals surface area contributed by atoms with Gasteiger partial charge in [-0.15, -0.1) is 0 Å². The standard InChI is InChI=1S/C12H9ClF2N2/c13-9-7-16-4-3-12(9)17-6-8-1-2-10(14)11(15)5-8/h1-5,7H,6H2,(H,16,17). The van der Waals surface area contributed by atoms with E-state index in [1.165, 1.54) is 12.3 Å². The molecular weight excluding hydrogens is 246 g/mol. The van der Waals surface area contributed by atoms with Gasteiger partial charge in [0.15, 0.2) is 11.6 Å². The molecule has 0 fully saturated rings. The second-order valence-electron chi connectivity index (χ2n) is 3.46. The van der Waals surface area contributed by atoms with E-state index in [0.717, 1.165) is 12.1 Å². The number of nitrogens with zero attached hydrogens (tertiary/aromatic N) is 1. The minimum atomic E-state index is -0.856. The van der Waals surface area contributed by atoms with Crippen LogP contribution >= 0.6 is 11.6 Å². The van der Waals surface area contributed by atoms with Crippen molar-refractivity contribution in [3.8, 4) is 0 Å². The molecule has 0 saturated carbocycles. The number of nitrogens with one attached hydrogen (secondary N) is 1. The van der Waals surface area contributed by atoms with Crippen LogP contribution in [0.5, 0.6) is 0 Å². The highest BCUT2D eigenvalue weighted by molar-refractivity contribution is 6.33. The number of hydrogen-bond acceptors (Lipinski definition) is 2. The zero-order chi connectivity index (χ0) is 12.3. The van der Waals surface area contributed by atoms with Gasteiger partial charge < -0.3 is 5.32 Å². The molecule has 0 saturated heterocycles. The summed E-state index contributed by atoms with van der Waals surface area (Å²) in [5.41, 5.74) is 1.34. The molecule has 2 nitrogen and oxygen atoms in total. The van der Waals surface area contributed by atoms with Crippen LogP contribution in [0.4, 0.5) is 14.5 Å². The fraction of sp³-hybridized carbons (Fsp3) is 0.0833. The molecular formula is C12H9ClF2N2. The van der Waals surface area contributed by atoms with E-state index >= 15 is 0 Å². The second-order valence-corrected chi connectivity index (χ2v) is 3.86.